The predicted octanol–water partition coefficient (Wildman–Crippen LogP) is 3.85. The summed E-state index contributed by atoms with van der Waals surface area (Å²) in [5.74, 6) is -0.241. The molecule has 0 aliphatic heterocycles. The number of aliphatic hydroxyl groups is 1. The zero-order valence-corrected chi connectivity index (χ0v) is 14.7. The number of thiophene rings is 1. The molecule has 1 unspecified atom stereocenters. The number of nitrogens with zero attached hydrogens (tertiary/aromatic N) is 3. The Morgan fingerprint density at radius 1 is 1.38 bits per heavy atom. The van der Waals surface area contributed by atoms with Crippen LogP contribution >= 0.6 is 11.3 Å². The molecule has 0 spiro atoms. The summed E-state index contributed by atoms with van der Waals surface area (Å²) in [5, 5.41) is 21.0. The second-order valence-corrected chi connectivity index (χ2v) is 7.24. The van der Waals surface area contributed by atoms with Crippen molar-refractivity contribution in [2.24, 2.45) is 0 Å². The number of aryl methyl sites for hydroxylation is 1. The van der Waals surface area contributed by atoms with Gasteiger partial charge in [0.1, 0.15) is 11.4 Å². The van der Waals surface area contributed by atoms with Gasteiger partial charge >= 0.3 is 0 Å². The highest BCUT2D eigenvalue weighted by Gasteiger charge is 2.26. The van der Waals surface area contributed by atoms with Crippen molar-refractivity contribution in [2.45, 2.75) is 38.8 Å². The highest BCUT2D eigenvalue weighted by molar-refractivity contribution is 7.10. The molecule has 2 heterocycles. The van der Waals surface area contributed by atoms with Crippen molar-refractivity contribution in [1.82, 2.24) is 15.0 Å². The molecule has 0 saturated carbocycles. The first-order chi connectivity index (χ1) is 11.4. The highest BCUT2D eigenvalue weighted by atomic mass is 32.1. The molecule has 0 saturated heterocycles. The molecule has 0 amide bonds. The lowest BCUT2D eigenvalue weighted by Crippen LogP contribution is -2.23. The van der Waals surface area contributed by atoms with Gasteiger partial charge in [-0.25, -0.2) is 9.07 Å². The molecule has 0 bridgehead atoms. The van der Waals surface area contributed by atoms with E-state index in [1.807, 2.05) is 37.6 Å². The maximum atomic E-state index is 13.3. The van der Waals surface area contributed by atoms with E-state index in [0.717, 1.165) is 21.7 Å². The van der Waals surface area contributed by atoms with Crippen LogP contribution in [0.1, 0.15) is 41.6 Å². The summed E-state index contributed by atoms with van der Waals surface area (Å²) >= 11 is 1.52. The molecular formula is C18H20FN3OS. The minimum atomic E-state index is -0.968. The van der Waals surface area contributed by atoms with Crippen molar-refractivity contribution < 1.29 is 9.50 Å². The van der Waals surface area contributed by atoms with Crippen LogP contribution in [0.5, 0.6) is 0 Å². The molecule has 0 fully saturated rings. The lowest BCUT2D eigenvalue weighted by Gasteiger charge is -2.20. The lowest BCUT2D eigenvalue weighted by atomic mass is 9.98. The summed E-state index contributed by atoms with van der Waals surface area (Å²) < 4.78 is 15.0. The van der Waals surface area contributed by atoms with Crippen LogP contribution in [0.4, 0.5) is 4.39 Å². The molecule has 4 nitrogen and oxygen atoms in total. The Bertz CT molecular complexity index is 827. The van der Waals surface area contributed by atoms with Crippen molar-refractivity contribution in [1.29, 1.82) is 0 Å². The van der Waals surface area contributed by atoms with E-state index < -0.39 is 5.60 Å². The van der Waals surface area contributed by atoms with Gasteiger partial charge < -0.3 is 5.11 Å². The first-order valence-electron chi connectivity index (χ1n) is 7.80. The summed E-state index contributed by atoms with van der Waals surface area (Å²) in [6, 6.07) is 8.53. The van der Waals surface area contributed by atoms with Crippen molar-refractivity contribution in [3.8, 4) is 0 Å². The van der Waals surface area contributed by atoms with Crippen LogP contribution in [0, 0.1) is 12.7 Å². The van der Waals surface area contributed by atoms with E-state index in [1.165, 1.54) is 23.5 Å². The Balaban J connectivity index is 1.80. The van der Waals surface area contributed by atoms with Crippen molar-refractivity contribution >= 4 is 11.3 Å². The number of hydrogen-bond donors (Lipinski definition) is 1. The molecule has 24 heavy (non-hydrogen) atoms. The van der Waals surface area contributed by atoms with Crippen molar-refractivity contribution in [3.63, 3.8) is 0 Å². The molecule has 1 N–H and O–H groups in total. The maximum absolute atomic E-state index is 13.3. The summed E-state index contributed by atoms with van der Waals surface area (Å²) in [7, 11) is 0. The van der Waals surface area contributed by atoms with Gasteiger partial charge in [0.2, 0.25) is 0 Å². The molecule has 2 atom stereocenters. The van der Waals surface area contributed by atoms with E-state index in [1.54, 1.807) is 17.7 Å². The molecule has 3 rings (SSSR count). The third-order valence-electron chi connectivity index (χ3n) is 4.21. The average Bonchev–Trinajstić information content (AvgIpc) is 3.17. The van der Waals surface area contributed by atoms with E-state index in [2.05, 4.69) is 10.3 Å². The number of benzene rings is 1. The Morgan fingerprint density at radius 2 is 2.17 bits per heavy atom. The molecule has 0 aliphatic carbocycles. The van der Waals surface area contributed by atoms with Gasteiger partial charge in [0, 0.05) is 17.5 Å². The van der Waals surface area contributed by atoms with E-state index >= 15 is 0 Å². The fraction of sp³-hybridized carbons (Fsp3) is 0.333. The van der Waals surface area contributed by atoms with Crippen molar-refractivity contribution in [3.05, 3.63) is 69.4 Å². The zero-order chi connectivity index (χ0) is 17.3. The van der Waals surface area contributed by atoms with Gasteiger partial charge in [-0.3, -0.25) is 0 Å². The van der Waals surface area contributed by atoms with Crippen LogP contribution in [-0.2, 0) is 12.0 Å². The largest absolute Gasteiger partial charge is 0.384 e. The van der Waals surface area contributed by atoms with Gasteiger partial charge in [0.25, 0.3) is 0 Å². The predicted molar refractivity (Wildman–Crippen MR) is 92.6 cm³/mol. The van der Waals surface area contributed by atoms with Gasteiger partial charge in [-0.1, -0.05) is 17.3 Å². The molecular weight excluding hydrogens is 325 g/mol. The molecule has 2 aromatic heterocycles. The molecule has 0 aliphatic rings. The molecule has 0 radical (unpaired) electrons. The van der Waals surface area contributed by atoms with E-state index in [0.29, 0.717) is 6.42 Å². The third-order valence-corrected chi connectivity index (χ3v) is 5.34. The first kappa shape index (κ1) is 16.8. The summed E-state index contributed by atoms with van der Waals surface area (Å²) in [6.45, 7) is 5.66. The van der Waals surface area contributed by atoms with Crippen LogP contribution in [0.15, 0.2) is 41.9 Å². The standard InChI is InChI=1S/C18H20FN3OS/c1-12-9-14(19)6-7-16(12)13(2)22-11-15(20-21-22)10-18(3,23)17-5-4-8-24-17/h4-9,11,13,23H,10H2,1-3H3/t13-,18?/m0/s1. The Labute approximate surface area is 144 Å². The Kier molecular flexibility index (Phi) is 4.51. The fourth-order valence-corrected chi connectivity index (χ4v) is 3.65. The first-order valence-corrected chi connectivity index (χ1v) is 8.68. The highest BCUT2D eigenvalue weighted by Crippen LogP contribution is 2.29. The minimum Gasteiger partial charge on any atom is -0.384 e. The normalized spacial score (nSPS) is 15.2. The van der Waals surface area contributed by atoms with Crippen LogP contribution in [0.25, 0.3) is 0 Å². The SMILES string of the molecule is Cc1cc(F)ccc1[C@H](C)n1cc(CC(C)(O)c2cccs2)nn1. The lowest BCUT2D eigenvalue weighted by molar-refractivity contribution is 0.0604. The maximum Gasteiger partial charge on any atom is 0.123 e. The topological polar surface area (TPSA) is 50.9 Å². The average molecular weight is 345 g/mol. The van der Waals surface area contributed by atoms with E-state index in [4.69, 9.17) is 0 Å². The van der Waals surface area contributed by atoms with Crippen LogP contribution < -0.4 is 0 Å². The van der Waals surface area contributed by atoms with Crippen LogP contribution in [0.3, 0.4) is 0 Å². The van der Waals surface area contributed by atoms with E-state index in [9.17, 15) is 9.50 Å². The number of halogens is 1. The van der Waals surface area contributed by atoms with E-state index in [-0.39, 0.29) is 11.9 Å². The van der Waals surface area contributed by atoms with Crippen LogP contribution in [-0.4, -0.2) is 20.1 Å². The number of hydrogen-bond acceptors (Lipinski definition) is 4. The minimum absolute atomic E-state index is 0.0569. The monoisotopic (exact) mass is 345 g/mol. The summed E-state index contributed by atoms with van der Waals surface area (Å²) in [5.41, 5.74) is 1.63. The van der Waals surface area contributed by atoms with Gasteiger partial charge in [-0.05, 0) is 55.5 Å². The van der Waals surface area contributed by atoms with Gasteiger partial charge in [-0.15, -0.1) is 16.4 Å². The zero-order valence-electron chi connectivity index (χ0n) is 13.9. The summed E-state index contributed by atoms with van der Waals surface area (Å²) in [6.07, 6.45) is 2.23. The Hall–Kier alpha value is -2.05. The van der Waals surface area contributed by atoms with Crippen LogP contribution in [0.2, 0.25) is 0 Å². The second-order valence-electron chi connectivity index (χ2n) is 6.29. The fourth-order valence-electron chi connectivity index (χ4n) is 2.86. The second kappa shape index (κ2) is 6.45. The number of aromatic nitrogens is 3. The smallest absolute Gasteiger partial charge is 0.123 e. The number of rotatable bonds is 5. The summed E-state index contributed by atoms with van der Waals surface area (Å²) in [4.78, 5) is 0.902. The van der Waals surface area contributed by atoms with Gasteiger partial charge in [0.05, 0.1) is 11.7 Å². The molecule has 3 aromatic rings. The van der Waals surface area contributed by atoms with Gasteiger partial charge in [0.15, 0.2) is 0 Å². The molecule has 6 heteroatoms. The molecule has 1 aromatic carbocycles. The molecule has 126 valence electrons. The third kappa shape index (κ3) is 3.39. The Morgan fingerprint density at radius 3 is 2.83 bits per heavy atom. The quantitative estimate of drug-likeness (QED) is 0.764. The van der Waals surface area contributed by atoms with Crippen molar-refractivity contribution in [2.75, 3.05) is 0 Å². The van der Waals surface area contributed by atoms with Gasteiger partial charge in [-0.2, -0.15) is 0 Å².